The fourth-order valence-corrected chi connectivity index (χ4v) is 2.08. The Bertz CT molecular complexity index is 916. The first-order chi connectivity index (χ1) is 10.5. The number of carbonyl (C=O) groups excluding carboxylic acids is 1. The lowest BCUT2D eigenvalue weighted by Crippen LogP contribution is -2.25. The van der Waals surface area contributed by atoms with Gasteiger partial charge in [0.05, 0.1) is 17.6 Å². The highest BCUT2D eigenvalue weighted by molar-refractivity contribution is 6.05. The molecular formula is C14H11FN4O3. The molecular weight excluding hydrogens is 291 g/mol. The minimum Gasteiger partial charge on any atom is -0.424 e. The average molecular weight is 302 g/mol. The number of amides is 1. The molecule has 2 N–H and O–H groups in total. The monoisotopic (exact) mass is 302 g/mol. The Kier molecular flexibility index (Phi) is 3.42. The number of hydrogen-bond acceptors (Lipinski definition) is 5. The van der Waals surface area contributed by atoms with Crippen LogP contribution < -0.4 is 10.9 Å². The summed E-state index contributed by atoms with van der Waals surface area (Å²) in [6.07, 6.45) is 0. The quantitative estimate of drug-likeness (QED) is 0.759. The van der Waals surface area contributed by atoms with Crippen molar-refractivity contribution in [3.05, 3.63) is 57.8 Å². The Morgan fingerprint density at radius 1 is 1.36 bits per heavy atom. The van der Waals surface area contributed by atoms with Gasteiger partial charge in [0.2, 0.25) is 17.3 Å². The Morgan fingerprint density at radius 2 is 2.18 bits per heavy atom. The van der Waals surface area contributed by atoms with Crippen LogP contribution in [0.4, 0.5) is 4.39 Å². The third-order valence-corrected chi connectivity index (χ3v) is 3.02. The summed E-state index contributed by atoms with van der Waals surface area (Å²) in [5, 5.41) is 10.4. The second-order valence-electron chi connectivity index (χ2n) is 4.63. The van der Waals surface area contributed by atoms with Gasteiger partial charge in [-0.3, -0.25) is 9.59 Å². The van der Waals surface area contributed by atoms with Crippen LogP contribution in [0.2, 0.25) is 0 Å². The zero-order chi connectivity index (χ0) is 15.7. The first-order valence-electron chi connectivity index (χ1n) is 6.43. The van der Waals surface area contributed by atoms with Crippen molar-refractivity contribution in [1.82, 2.24) is 20.5 Å². The van der Waals surface area contributed by atoms with Crippen molar-refractivity contribution in [3.8, 4) is 0 Å². The minimum atomic E-state index is -0.498. The molecule has 0 atom stereocenters. The third kappa shape index (κ3) is 2.71. The van der Waals surface area contributed by atoms with E-state index < -0.39 is 17.3 Å². The molecule has 3 aromatic rings. The van der Waals surface area contributed by atoms with Crippen molar-refractivity contribution in [2.45, 2.75) is 13.5 Å². The molecule has 0 saturated carbocycles. The van der Waals surface area contributed by atoms with E-state index in [0.29, 0.717) is 11.3 Å². The highest BCUT2D eigenvalue weighted by Crippen LogP contribution is 2.16. The fourth-order valence-electron chi connectivity index (χ4n) is 2.08. The Labute approximate surface area is 123 Å². The molecule has 112 valence electrons. The molecule has 1 aromatic carbocycles. The standard InChI is InChI=1S/C14H11FN4O3/c1-7-18-19-13(22-7)6-16-14(21)10-5-12(20)17-11-4-8(15)2-3-9(10)11/h2-5H,6H2,1H3,(H,16,21)(H,17,20). The van der Waals surface area contributed by atoms with Gasteiger partial charge in [-0.15, -0.1) is 10.2 Å². The summed E-state index contributed by atoms with van der Waals surface area (Å²) >= 11 is 0. The van der Waals surface area contributed by atoms with E-state index >= 15 is 0 Å². The maximum atomic E-state index is 13.2. The second kappa shape index (κ2) is 5.40. The van der Waals surface area contributed by atoms with Gasteiger partial charge in [-0.1, -0.05) is 0 Å². The van der Waals surface area contributed by atoms with E-state index in [-0.39, 0.29) is 23.5 Å². The maximum Gasteiger partial charge on any atom is 0.252 e. The molecule has 1 amide bonds. The predicted molar refractivity (Wildman–Crippen MR) is 74.7 cm³/mol. The summed E-state index contributed by atoms with van der Waals surface area (Å²) in [6.45, 7) is 1.67. The first-order valence-corrected chi connectivity index (χ1v) is 6.43. The van der Waals surface area contributed by atoms with Gasteiger partial charge in [-0.05, 0) is 18.2 Å². The van der Waals surface area contributed by atoms with Crippen molar-refractivity contribution in [2.24, 2.45) is 0 Å². The molecule has 0 aliphatic carbocycles. The van der Waals surface area contributed by atoms with Crippen molar-refractivity contribution >= 4 is 16.8 Å². The molecule has 0 unspecified atom stereocenters. The molecule has 0 aliphatic rings. The number of benzene rings is 1. The van der Waals surface area contributed by atoms with Gasteiger partial charge in [0.1, 0.15) is 5.82 Å². The topological polar surface area (TPSA) is 101 Å². The summed E-state index contributed by atoms with van der Waals surface area (Å²) in [6, 6.07) is 4.98. The van der Waals surface area contributed by atoms with Crippen molar-refractivity contribution in [1.29, 1.82) is 0 Å². The molecule has 0 saturated heterocycles. The Hall–Kier alpha value is -3.03. The van der Waals surface area contributed by atoms with E-state index in [2.05, 4.69) is 20.5 Å². The third-order valence-electron chi connectivity index (χ3n) is 3.02. The number of aryl methyl sites for hydroxylation is 1. The normalized spacial score (nSPS) is 10.8. The highest BCUT2D eigenvalue weighted by Gasteiger charge is 2.13. The van der Waals surface area contributed by atoms with Gasteiger partial charge in [-0.25, -0.2) is 4.39 Å². The van der Waals surface area contributed by atoms with Crippen LogP contribution in [-0.2, 0) is 6.54 Å². The lowest BCUT2D eigenvalue weighted by atomic mass is 10.1. The van der Waals surface area contributed by atoms with Crippen LogP contribution in [0.15, 0.2) is 33.5 Å². The molecule has 22 heavy (non-hydrogen) atoms. The second-order valence-corrected chi connectivity index (χ2v) is 4.63. The number of nitrogens with one attached hydrogen (secondary N) is 2. The van der Waals surface area contributed by atoms with Crippen LogP contribution in [0.5, 0.6) is 0 Å². The van der Waals surface area contributed by atoms with Gasteiger partial charge < -0.3 is 14.7 Å². The molecule has 0 bridgehead atoms. The number of aromatic nitrogens is 3. The molecule has 0 fully saturated rings. The van der Waals surface area contributed by atoms with E-state index in [9.17, 15) is 14.0 Å². The SMILES string of the molecule is Cc1nnc(CNC(=O)c2cc(=O)[nH]c3cc(F)ccc23)o1. The largest absolute Gasteiger partial charge is 0.424 e. The number of hydrogen-bond donors (Lipinski definition) is 2. The zero-order valence-electron chi connectivity index (χ0n) is 11.5. The summed E-state index contributed by atoms with van der Waals surface area (Å²) < 4.78 is 18.4. The summed E-state index contributed by atoms with van der Waals surface area (Å²) in [5.41, 5.74) is -0.0850. The van der Waals surface area contributed by atoms with E-state index in [4.69, 9.17) is 4.42 Å². The lowest BCUT2D eigenvalue weighted by Gasteiger charge is -2.06. The van der Waals surface area contributed by atoms with Crippen molar-refractivity contribution in [3.63, 3.8) is 0 Å². The zero-order valence-corrected chi connectivity index (χ0v) is 11.5. The van der Waals surface area contributed by atoms with Crippen LogP contribution in [0.1, 0.15) is 22.1 Å². The van der Waals surface area contributed by atoms with E-state index in [0.717, 1.165) is 12.1 Å². The van der Waals surface area contributed by atoms with Gasteiger partial charge >= 0.3 is 0 Å². The number of pyridine rings is 1. The number of fused-ring (bicyclic) bond motifs is 1. The molecule has 8 heteroatoms. The van der Waals surface area contributed by atoms with E-state index in [1.807, 2.05) is 0 Å². The van der Waals surface area contributed by atoms with Gasteiger partial charge in [0.25, 0.3) is 5.91 Å². The van der Waals surface area contributed by atoms with Gasteiger partial charge in [-0.2, -0.15) is 0 Å². The van der Waals surface area contributed by atoms with Crippen LogP contribution in [0.3, 0.4) is 0 Å². The molecule has 0 radical (unpaired) electrons. The summed E-state index contributed by atoms with van der Waals surface area (Å²) in [7, 11) is 0. The maximum absolute atomic E-state index is 13.2. The number of carbonyl (C=O) groups is 1. The van der Waals surface area contributed by atoms with Crippen LogP contribution >= 0.6 is 0 Å². The molecule has 3 rings (SSSR count). The summed E-state index contributed by atoms with van der Waals surface area (Å²) in [4.78, 5) is 26.3. The molecule has 0 aliphatic heterocycles. The molecule has 0 spiro atoms. The predicted octanol–water partition coefficient (Wildman–Crippen LogP) is 1.29. The van der Waals surface area contributed by atoms with Crippen molar-refractivity contribution < 1.29 is 13.6 Å². The lowest BCUT2D eigenvalue weighted by molar-refractivity contribution is 0.0948. The number of rotatable bonds is 3. The highest BCUT2D eigenvalue weighted by atomic mass is 19.1. The van der Waals surface area contributed by atoms with Crippen molar-refractivity contribution in [2.75, 3.05) is 0 Å². The fraction of sp³-hybridized carbons (Fsp3) is 0.143. The molecule has 7 nitrogen and oxygen atoms in total. The smallest absolute Gasteiger partial charge is 0.252 e. The number of aromatic amines is 1. The van der Waals surface area contributed by atoms with Gasteiger partial charge in [0.15, 0.2) is 0 Å². The number of H-pyrrole nitrogens is 1. The molecule has 2 aromatic heterocycles. The van der Waals surface area contributed by atoms with E-state index in [1.54, 1.807) is 6.92 Å². The van der Waals surface area contributed by atoms with Crippen LogP contribution in [-0.4, -0.2) is 21.1 Å². The van der Waals surface area contributed by atoms with Gasteiger partial charge in [0, 0.05) is 18.4 Å². The van der Waals surface area contributed by atoms with Crippen LogP contribution in [0, 0.1) is 12.7 Å². The van der Waals surface area contributed by atoms with E-state index in [1.165, 1.54) is 12.1 Å². The van der Waals surface area contributed by atoms with Crippen LogP contribution in [0.25, 0.3) is 10.9 Å². The number of nitrogens with zero attached hydrogens (tertiary/aromatic N) is 2. The summed E-state index contributed by atoms with van der Waals surface area (Å²) in [5.74, 6) is -0.340. The number of halogens is 1. The average Bonchev–Trinajstić information content (AvgIpc) is 2.89. The Morgan fingerprint density at radius 3 is 2.91 bits per heavy atom. The first kappa shape index (κ1) is 13.9. The molecule has 2 heterocycles. The minimum absolute atomic E-state index is 0.0369. The Balaban J connectivity index is 1.91.